The molecule has 3 nitrogen and oxygen atoms in total. The van der Waals surface area contributed by atoms with Gasteiger partial charge in [-0.2, -0.15) is 0 Å². The van der Waals surface area contributed by atoms with Crippen molar-refractivity contribution in [2.45, 2.75) is 46.3 Å². The second-order valence-electron chi connectivity index (χ2n) is 4.26. The molecule has 0 saturated heterocycles. The van der Waals surface area contributed by atoms with Crippen LogP contribution in [0.1, 0.15) is 38.6 Å². The molecule has 0 aliphatic heterocycles. The Hall–Kier alpha value is -0.450. The average molecular weight is 316 g/mol. The second-order valence-corrected chi connectivity index (χ2v) is 5.12. The number of ether oxygens (including phenoxy) is 2. The molecule has 0 amide bonds. The van der Waals surface area contributed by atoms with Gasteiger partial charge in [-0.3, -0.25) is 4.98 Å². The molecule has 18 heavy (non-hydrogen) atoms. The highest BCUT2D eigenvalue weighted by molar-refractivity contribution is 9.10. The lowest BCUT2D eigenvalue weighted by atomic mass is 10.2. The zero-order valence-corrected chi connectivity index (χ0v) is 13.0. The van der Waals surface area contributed by atoms with Crippen LogP contribution in [0.25, 0.3) is 0 Å². The molecule has 1 aromatic rings. The first-order chi connectivity index (χ1) is 8.67. The number of halogens is 1. The van der Waals surface area contributed by atoms with Gasteiger partial charge >= 0.3 is 0 Å². The summed E-state index contributed by atoms with van der Waals surface area (Å²) in [6.07, 6.45) is 2.22. The molecule has 0 aliphatic carbocycles. The van der Waals surface area contributed by atoms with E-state index < -0.39 is 0 Å². The molecule has 0 unspecified atom stereocenters. The smallest absolute Gasteiger partial charge is 0.0889 e. The van der Waals surface area contributed by atoms with Gasteiger partial charge in [0.15, 0.2) is 0 Å². The Morgan fingerprint density at radius 1 is 1.33 bits per heavy atom. The molecule has 0 spiro atoms. The van der Waals surface area contributed by atoms with Gasteiger partial charge in [0.25, 0.3) is 0 Å². The van der Waals surface area contributed by atoms with Crippen LogP contribution in [0.3, 0.4) is 0 Å². The van der Waals surface area contributed by atoms with E-state index in [1.165, 1.54) is 0 Å². The van der Waals surface area contributed by atoms with Gasteiger partial charge in [-0.1, -0.05) is 13.3 Å². The minimum atomic E-state index is 0.139. The summed E-state index contributed by atoms with van der Waals surface area (Å²) in [6, 6.07) is 4.04. The quantitative estimate of drug-likeness (QED) is 0.732. The fraction of sp³-hybridized carbons (Fsp3) is 0.643. The molecule has 0 aliphatic rings. The third-order valence-corrected chi connectivity index (χ3v) is 3.24. The average Bonchev–Trinajstić information content (AvgIpc) is 2.34. The van der Waals surface area contributed by atoms with Crippen LogP contribution in [0, 0.1) is 0 Å². The van der Waals surface area contributed by atoms with Crippen LogP contribution in [0.2, 0.25) is 0 Å². The zero-order valence-electron chi connectivity index (χ0n) is 11.4. The highest BCUT2D eigenvalue weighted by atomic mass is 79.9. The lowest BCUT2D eigenvalue weighted by Crippen LogP contribution is -2.16. The fourth-order valence-corrected chi connectivity index (χ4v) is 2.10. The van der Waals surface area contributed by atoms with Gasteiger partial charge in [0.1, 0.15) is 0 Å². The molecule has 0 aromatic carbocycles. The Labute approximate surface area is 118 Å². The van der Waals surface area contributed by atoms with Crippen LogP contribution < -0.4 is 0 Å². The molecule has 1 rings (SSSR count). The van der Waals surface area contributed by atoms with Crippen molar-refractivity contribution >= 4 is 15.9 Å². The predicted molar refractivity (Wildman–Crippen MR) is 76.7 cm³/mol. The third-order valence-electron chi connectivity index (χ3n) is 2.52. The van der Waals surface area contributed by atoms with Crippen molar-refractivity contribution in [2.24, 2.45) is 0 Å². The second kappa shape index (κ2) is 8.62. The monoisotopic (exact) mass is 315 g/mol. The van der Waals surface area contributed by atoms with E-state index >= 15 is 0 Å². The van der Waals surface area contributed by atoms with Gasteiger partial charge in [0.2, 0.25) is 0 Å². The number of hydrogen-bond acceptors (Lipinski definition) is 3. The van der Waals surface area contributed by atoms with Gasteiger partial charge < -0.3 is 9.47 Å². The number of hydrogen-bond donors (Lipinski definition) is 0. The first-order valence-electron chi connectivity index (χ1n) is 6.51. The van der Waals surface area contributed by atoms with Crippen LogP contribution in [0.4, 0.5) is 0 Å². The van der Waals surface area contributed by atoms with Crippen molar-refractivity contribution < 1.29 is 9.47 Å². The highest BCUT2D eigenvalue weighted by Gasteiger charge is 2.05. The minimum absolute atomic E-state index is 0.139. The van der Waals surface area contributed by atoms with E-state index in [0.29, 0.717) is 13.2 Å². The molecule has 1 atom stereocenters. The van der Waals surface area contributed by atoms with E-state index in [9.17, 15) is 0 Å². The molecule has 0 radical (unpaired) electrons. The first-order valence-corrected chi connectivity index (χ1v) is 7.30. The Bertz CT molecular complexity index is 358. The molecular weight excluding hydrogens is 294 g/mol. The largest absolute Gasteiger partial charge is 0.376 e. The molecule has 4 heteroatoms. The lowest BCUT2D eigenvalue weighted by molar-refractivity contribution is -0.00791. The molecule has 0 saturated carbocycles. The third kappa shape index (κ3) is 5.46. The van der Waals surface area contributed by atoms with Crippen molar-refractivity contribution in [3.8, 4) is 0 Å². The lowest BCUT2D eigenvalue weighted by Gasteiger charge is -2.12. The van der Waals surface area contributed by atoms with E-state index in [-0.39, 0.29) is 6.10 Å². The summed E-state index contributed by atoms with van der Waals surface area (Å²) in [5.41, 5.74) is 2.09. The molecule has 1 aromatic heterocycles. The summed E-state index contributed by atoms with van der Waals surface area (Å²) in [7, 11) is 0. The van der Waals surface area contributed by atoms with E-state index in [4.69, 9.17) is 9.47 Å². The standard InChI is InChI=1S/C14H22BrNO2/c1-4-6-14-13(15)8-7-12(16-14)10-17-9-11(3)18-5-2/h7-8,11H,4-6,9-10H2,1-3H3/t11-/m1/s1. The Morgan fingerprint density at radius 3 is 2.78 bits per heavy atom. The van der Waals surface area contributed by atoms with E-state index in [0.717, 1.165) is 35.3 Å². The van der Waals surface area contributed by atoms with Gasteiger partial charge in [-0.25, -0.2) is 0 Å². The summed E-state index contributed by atoms with van der Waals surface area (Å²) >= 11 is 3.52. The Balaban J connectivity index is 2.44. The Morgan fingerprint density at radius 2 is 2.11 bits per heavy atom. The molecule has 1 heterocycles. The minimum Gasteiger partial charge on any atom is -0.376 e. The van der Waals surface area contributed by atoms with Crippen LogP contribution in [0.15, 0.2) is 16.6 Å². The number of aromatic nitrogens is 1. The summed E-state index contributed by atoms with van der Waals surface area (Å²) in [5.74, 6) is 0. The maximum atomic E-state index is 5.60. The maximum absolute atomic E-state index is 5.60. The topological polar surface area (TPSA) is 31.4 Å². The van der Waals surface area contributed by atoms with Crippen LogP contribution in [0.5, 0.6) is 0 Å². The molecule has 0 fully saturated rings. The SMILES string of the molecule is CCCc1nc(COC[C@@H](C)OCC)ccc1Br. The van der Waals surface area contributed by atoms with E-state index in [1.54, 1.807) is 0 Å². The molecular formula is C14H22BrNO2. The summed E-state index contributed by atoms with van der Waals surface area (Å²) in [5, 5.41) is 0. The zero-order chi connectivity index (χ0) is 13.4. The summed E-state index contributed by atoms with van der Waals surface area (Å²) in [6.45, 7) is 8.03. The first kappa shape index (κ1) is 15.6. The number of aryl methyl sites for hydroxylation is 1. The van der Waals surface area contributed by atoms with Crippen molar-refractivity contribution in [3.05, 3.63) is 28.0 Å². The predicted octanol–water partition coefficient (Wildman–Crippen LogP) is 3.74. The number of rotatable bonds is 8. The van der Waals surface area contributed by atoms with Gasteiger partial charge in [-0.15, -0.1) is 0 Å². The number of nitrogens with zero attached hydrogens (tertiary/aromatic N) is 1. The summed E-state index contributed by atoms with van der Waals surface area (Å²) < 4.78 is 12.1. The van der Waals surface area contributed by atoms with Gasteiger partial charge in [0.05, 0.1) is 30.7 Å². The van der Waals surface area contributed by atoms with E-state index in [1.807, 2.05) is 26.0 Å². The normalized spacial score (nSPS) is 12.7. The highest BCUT2D eigenvalue weighted by Crippen LogP contribution is 2.17. The van der Waals surface area contributed by atoms with Crippen molar-refractivity contribution in [3.63, 3.8) is 0 Å². The van der Waals surface area contributed by atoms with Crippen LogP contribution >= 0.6 is 15.9 Å². The maximum Gasteiger partial charge on any atom is 0.0889 e. The Kier molecular flexibility index (Phi) is 7.47. The van der Waals surface area contributed by atoms with E-state index in [2.05, 4.69) is 27.8 Å². The fourth-order valence-electron chi connectivity index (χ4n) is 1.68. The van der Waals surface area contributed by atoms with Crippen molar-refractivity contribution in [2.75, 3.05) is 13.2 Å². The number of pyridine rings is 1. The van der Waals surface area contributed by atoms with Crippen molar-refractivity contribution in [1.82, 2.24) is 4.98 Å². The van der Waals surface area contributed by atoms with Gasteiger partial charge in [-0.05, 0) is 48.3 Å². The van der Waals surface area contributed by atoms with Crippen LogP contribution in [-0.2, 0) is 22.5 Å². The molecule has 102 valence electrons. The molecule has 0 bridgehead atoms. The summed E-state index contributed by atoms with van der Waals surface area (Å²) in [4.78, 5) is 4.59. The molecule has 0 N–H and O–H groups in total. The van der Waals surface area contributed by atoms with Crippen molar-refractivity contribution in [1.29, 1.82) is 0 Å². The van der Waals surface area contributed by atoms with Crippen LogP contribution in [-0.4, -0.2) is 24.3 Å². The van der Waals surface area contributed by atoms with Gasteiger partial charge in [0, 0.05) is 11.1 Å².